The Morgan fingerprint density at radius 1 is 1.27 bits per heavy atom. The van der Waals surface area contributed by atoms with Crippen molar-refractivity contribution in [3.63, 3.8) is 0 Å². The van der Waals surface area contributed by atoms with Crippen molar-refractivity contribution < 1.29 is 17.9 Å². The van der Waals surface area contributed by atoms with Crippen molar-refractivity contribution in [2.75, 3.05) is 40.0 Å². The van der Waals surface area contributed by atoms with Gasteiger partial charge in [0.05, 0.1) is 11.5 Å². The molecule has 0 spiro atoms. The third kappa shape index (κ3) is 5.24. The summed E-state index contributed by atoms with van der Waals surface area (Å²) in [7, 11) is -1.86. The van der Waals surface area contributed by atoms with Gasteiger partial charge in [-0.15, -0.1) is 0 Å². The van der Waals surface area contributed by atoms with Crippen LogP contribution >= 0.6 is 0 Å². The fraction of sp³-hybridized carbons (Fsp3) is 0.600. The molecule has 1 aliphatic rings. The van der Waals surface area contributed by atoms with E-state index in [0.29, 0.717) is 31.4 Å². The zero-order valence-corrected chi connectivity index (χ0v) is 13.7. The van der Waals surface area contributed by atoms with Gasteiger partial charge >= 0.3 is 0 Å². The number of ether oxygens (including phenoxy) is 2. The summed E-state index contributed by atoms with van der Waals surface area (Å²) in [5, 5.41) is 3.28. The average Bonchev–Trinajstić information content (AvgIpc) is 2.55. The zero-order valence-electron chi connectivity index (χ0n) is 12.9. The number of sulfonamides is 1. The molecule has 0 amide bonds. The Bertz CT molecular complexity index is 539. The van der Waals surface area contributed by atoms with E-state index in [1.54, 1.807) is 31.4 Å². The Hall–Kier alpha value is -1.15. The highest BCUT2D eigenvalue weighted by molar-refractivity contribution is 7.89. The maximum Gasteiger partial charge on any atom is 0.240 e. The number of nitrogens with one attached hydrogen (secondary N) is 2. The number of rotatable bonds is 8. The van der Waals surface area contributed by atoms with Crippen molar-refractivity contribution in [1.82, 2.24) is 10.0 Å². The summed E-state index contributed by atoms with van der Waals surface area (Å²) in [5.74, 6) is 0.993. The Morgan fingerprint density at radius 2 is 2.05 bits per heavy atom. The van der Waals surface area contributed by atoms with Gasteiger partial charge in [-0.2, -0.15) is 0 Å². The van der Waals surface area contributed by atoms with Crippen LogP contribution in [0.2, 0.25) is 0 Å². The van der Waals surface area contributed by atoms with Crippen LogP contribution in [-0.2, 0) is 14.8 Å². The van der Waals surface area contributed by atoms with Crippen molar-refractivity contribution in [2.24, 2.45) is 5.92 Å². The molecular weight excluding hydrogens is 304 g/mol. The highest BCUT2D eigenvalue weighted by Gasteiger charge is 2.18. The molecule has 1 heterocycles. The topological polar surface area (TPSA) is 76.7 Å². The first-order chi connectivity index (χ1) is 10.6. The van der Waals surface area contributed by atoms with Crippen LogP contribution in [0.15, 0.2) is 29.2 Å². The van der Waals surface area contributed by atoms with Crippen molar-refractivity contribution >= 4 is 10.0 Å². The van der Waals surface area contributed by atoms with Gasteiger partial charge in [-0.05, 0) is 56.1 Å². The largest absolute Gasteiger partial charge is 0.491 e. The number of piperidine rings is 1. The summed E-state index contributed by atoms with van der Waals surface area (Å²) in [6.07, 6.45) is 2.15. The Morgan fingerprint density at radius 3 is 2.68 bits per heavy atom. The Balaban J connectivity index is 1.88. The number of methoxy groups -OCH3 is 1. The smallest absolute Gasteiger partial charge is 0.240 e. The van der Waals surface area contributed by atoms with Crippen LogP contribution in [0.4, 0.5) is 0 Å². The lowest BCUT2D eigenvalue weighted by molar-refractivity contribution is 0.146. The van der Waals surface area contributed by atoms with E-state index in [9.17, 15) is 8.42 Å². The Labute approximate surface area is 132 Å². The van der Waals surface area contributed by atoms with E-state index >= 15 is 0 Å². The number of hydrogen-bond acceptors (Lipinski definition) is 5. The minimum Gasteiger partial charge on any atom is -0.491 e. The van der Waals surface area contributed by atoms with Gasteiger partial charge in [0.25, 0.3) is 0 Å². The van der Waals surface area contributed by atoms with E-state index in [4.69, 9.17) is 9.47 Å². The summed E-state index contributed by atoms with van der Waals surface area (Å²) in [6, 6.07) is 6.44. The lowest BCUT2D eigenvalue weighted by Crippen LogP contribution is -2.38. The first-order valence-electron chi connectivity index (χ1n) is 7.54. The second-order valence-electron chi connectivity index (χ2n) is 5.38. The molecule has 2 rings (SSSR count). The molecule has 6 nitrogen and oxygen atoms in total. The minimum absolute atomic E-state index is 0.260. The molecule has 0 aliphatic carbocycles. The third-order valence-electron chi connectivity index (χ3n) is 3.65. The van der Waals surface area contributed by atoms with E-state index in [1.807, 2.05) is 0 Å². The molecule has 22 heavy (non-hydrogen) atoms. The van der Waals surface area contributed by atoms with Crippen LogP contribution in [0.3, 0.4) is 0 Å². The molecule has 7 heteroatoms. The molecule has 1 aliphatic heterocycles. The number of benzene rings is 1. The first-order valence-corrected chi connectivity index (χ1v) is 9.02. The maximum atomic E-state index is 12.3. The quantitative estimate of drug-likeness (QED) is 0.696. The molecule has 1 fully saturated rings. The fourth-order valence-corrected chi connectivity index (χ4v) is 3.48. The summed E-state index contributed by atoms with van der Waals surface area (Å²) >= 11 is 0. The normalized spacial score (nSPS) is 19.0. The van der Waals surface area contributed by atoms with Gasteiger partial charge in [0.15, 0.2) is 0 Å². The van der Waals surface area contributed by atoms with Crippen LogP contribution in [0.25, 0.3) is 0 Å². The molecule has 124 valence electrons. The van der Waals surface area contributed by atoms with E-state index in [-0.39, 0.29) is 4.90 Å². The molecule has 0 bridgehead atoms. The summed E-state index contributed by atoms with van der Waals surface area (Å²) in [6.45, 7) is 3.30. The van der Waals surface area contributed by atoms with E-state index in [0.717, 1.165) is 25.9 Å². The van der Waals surface area contributed by atoms with Gasteiger partial charge < -0.3 is 14.8 Å². The minimum atomic E-state index is -3.46. The second-order valence-corrected chi connectivity index (χ2v) is 7.14. The van der Waals surface area contributed by atoms with Crippen LogP contribution in [-0.4, -0.2) is 48.4 Å². The van der Waals surface area contributed by atoms with Gasteiger partial charge in [-0.1, -0.05) is 0 Å². The van der Waals surface area contributed by atoms with Gasteiger partial charge in [0.1, 0.15) is 12.4 Å². The SMILES string of the molecule is COCCOc1ccc(S(=O)(=O)NCC2CCCNC2)cc1. The predicted molar refractivity (Wildman–Crippen MR) is 84.6 cm³/mol. The van der Waals surface area contributed by atoms with E-state index in [2.05, 4.69) is 10.0 Å². The molecule has 1 saturated heterocycles. The van der Waals surface area contributed by atoms with Gasteiger partial charge in [-0.3, -0.25) is 0 Å². The zero-order chi connectivity index (χ0) is 15.8. The highest BCUT2D eigenvalue weighted by atomic mass is 32.2. The van der Waals surface area contributed by atoms with E-state index < -0.39 is 10.0 Å². The summed E-state index contributed by atoms with van der Waals surface area (Å²) in [5.41, 5.74) is 0. The molecule has 2 N–H and O–H groups in total. The van der Waals surface area contributed by atoms with E-state index in [1.165, 1.54) is 0 Å². The number of hydrogen-bond donors (Lipinski definition) is 2. The molecule has 1 unspecified atom stereocenters. The standard InChI is InChI=1S/C15H24N2O4S/c1-20-9-10-21-14-4-6-15(7-5-14)22(18,19)17-12-13-3-2-8-16-11-13/h4-7,13,16-17H,2-3,8-12H2,1H3. The van der Waals surface area contributed by atoms with Crippen molar-refractivity contribution in [3.05, 3.63) is 24.3 Å². The first kappa shape index (κ1) is 17.2. The van der Waals surface area contributed by atoms with Crippen LogP contribution in [0.1, 0.15) is 12.8 Å². The summed E-state index contributed by atoms with van der Waals surface area (Å²) < 4.78 is 37.5. The molecular formula is C15H24N2O4S. The van der Waals surface area contributed by atoms with Crippen molar-refractivity contribution in [3.8, 4) is 5.75 Å². The molecule has 1 aromatic rings. The van der Waals surface area contributed by atoms with Crippen LogP contribution in [0, 0.1) is 5.92 Å². The second kappa shape index (κ2) is 8.47. The van der Waals surface area contributed by atoms with Crippen molar-refractivity contribution in [1.29, 1.82) is 0 Å². The fourth-order valence-electron chi connectivity index (χ4n) is 2.37. The molecule has 1 aromatic carbocycles. The Kier molecular flexibility index (Phi) is 6.63. The lowest BCUT2D eigenvalue weighted by Gasteiger charge is -2.22. The predicted octanol–water partition coefficient (Wildman–Crippen LogP) is 0.990. The molecule has 0 saturated carbocycles. The molecule has 0 aromatic heterocycles. The summed E-state index contributed by atoms with van der Waals surface area (Å²) in [4.78, 5) is 0.260. The molecule has 0 radical (unpaired) electrons. The average molecular weight is 328 g/mol. The van der Waals surface area contributed by atoms with Gasteiger partial charge in [0.2, 0.25) is 10.0 Å². The van der Waals surface area contributed by atoms with Crippen LogP contribution < -0.4 is 14.8 Å². The maximum absolute atomic E-state index is 12.3. The highest BCUT2D eigenvalue weighted by Crippen LogP contribution is 2.16. The van der Waals surface area contributed by atoms with Gasteiger partial charge in [-0.25, -0.2) is 13.1 Å². The monoisotopic (exact) mass is 328 g/mol. The van der Waals surface area contributed by atoms with Gasteiger partial charge in [0, 0.05) is 13.7 Å². The third-order valence-corrected chi connectivity index (χ3v) is 5.09. The lowest BCUT2D eigenvalue weighted by atomic mass is 10.0. The van der Waals surface area contributed by atoms with Crippen LogP contribution in [0.5, 0.6) is 5.75 Å². The van der Waals surface area contributed by atoms with Crippen molar-refractivity contribution in [2.45, 2.75) is 17.7 Å². The molecule has 1 atom stereocenters.